The van der Waals surface area contributed by atoms with Gasteiger partial charge in [-0.3, -0.25) is 0 Å². The molecule has 106 valence electrons. The lowest BCUT2D eigenvalue weighted by molar-refractivity contribution is -0.0700. The molecule has 1 N–H and O–H groups in total. The van der Waals surface area contributed by atoms with E-state index < -0.39 is 11.6 Å². The van der Waals surface area contributed by atoms with E-state index in [4.69, 9.17) is 4.74 Å². The van der Waals surface area contributed by atoms with Crippen LogP contribution in [0.2, 0.25) is 0 Å². The zero-order chi connectivity index (χ0) is 13.8. The Bertz CT molecular complexity index is 421. The van der Waals surface area contributed by atoms with Crippen molar-refractivity contribution in [2.75, 3.05) is 13.1 Å². The summed E-state index contributed by atoms with van der Waals surface area (Å²) in [6.45, 7) is 5.64. The molecule has 2 atom stereocenters. The molecule has 1 aliphatic rings. The second kappa shape index (κ2) is 6.44. The van der Waals surface area contributed by atoms with Crippen LogP contribution in [0.1, 0.15) is 38.4 Å². The molecule has 1 aliphatic heterocycles. The van der Waals surface area contributed by atoms with Gasteiger partial charge in [0.1, 0.15) is 11.6 Å². The van der Waals surface area contributed by atoms with Crippen LogP contribution in [0.3, 0.4) is 0 Å². The predicted octanol–water partition coefficient (Wildman–Crippen LogP) is 3.43. The summed E-state index contributed by atoms with van der Waals surface area (Å²) in [7, 11) is 0. The number of halogens is 2. The monoisotopic (exact) mass is 269 g/mol. The van der Waals surface area contributed by atoms with Crippen molar-refractivity contribution in [2.45, 2.75) is 38.9 Å². The molecule has 0 aliphatic carbocycles. The van der Waals surface area contributed by atoms with Gasteiger partial charge in [0.2, 0.25) is 0 Å². The molecule has 1 saturated heterocycles. The van der Waals surface area contributed by atoms with Crippen molar-refractivity contribution in [3.05, 3.63) is 35.4 Å². The standard InChI is InChI=1S/C15H21F2NO/c1-3-10(4-2)14-8-18-9-15(19-14)12-6-5-11(16)7-13(12)17/h5-7,10,14-15,18H,3-4,8-9H2,1-2H3. The van der Waals surface area contributed by atoms with Crippen LogP contribution in [-0.2, 0) is 4.74 Å². The predicted molar refractivity (Wildman–Crippen MR) is 70.9 cm³/mol. The molecular formula is C15H21F2NO. The Kier molecular flexibility index (Phi) is 4.88. The Morgan fingerprint density at radius 3 is 2.63 bits per heavy atom. The van der Waals surface area contributed by atoms with Gasteiger partial charge in [-0.25, -0.2) is 8.78 Å². The molecule has 1 heterocycles. The molecule has 2 unspecified atom stereocenters. The summed E-state index contributed by atoms with van der Waals surface area (Å²) >= 11 is 0. The van der Waals surface area contributed by atoms with Crippen molar-refractivity contribution in [3.63, 3.8) is 0 Å². The van der Waals surface area contributed by atoms with Crippen LogP contribution in [0.5, 0.6) is 0 Å². The lowest BCUT2D eigenvalue weighted by Gasteiger charge is -2.35. The summed E-state index contributed by atoms with van der Waals surface area (Å²) in [5.41, 5.74) is 0.435. The van der Waals surface area contributed by atoms with E-state index >= 15 is 0 Å². The fourth-order valence-electron chi connectivity index (χ4n) is 2.70. The largest absolute Gasteiger partial charge is 0.367 e. The SMILES string of the molecule is CCC(CC)C1CNCC(c2ccc(F)cc2F)O1. The van der Waals surface area contributed by atoms with Gasteiger partial charge in [-0.05, 0) is 12.0 Å². The molecule has 2 rings (SSSR count). The number of hydrogen-bond donors (Lipinski definition) is 1. The minimum atomic E-state index is -0.554. The zero-order valence-electron chi connectivity index (χ0n) is 11.5. The number of hydrogen-bond acceptors (Lipinski definition) is 2. The van der Waals surface area contributed by atoms with E-state index in [1.165, 1.54) is 12.1 Å². The third kappa shape index (κ3) is 3.31. The maximum atomic E-state index is 13.8. The van der Waals surface area contributed by atoms with Crippen molar-refractivity contribution < 1.29 is 13.5 Å². The molecule has 0 amide bonds. The molecule has 0 spiro atoms. The maximum absolute atomic E-state index is 13.8. The van der Waals surface area contributed by atoms with Crippen LogP contribution in [0.4, 0.5) is 8.78 Å². The fourth-order valence-corrected chi connectivity index (χ4v) is 2.70. The molecule has 0 saturated carbocycles. The summed E-state index contributed by atoms with van der Waals surface area (Å²) in [5, 5.41) is 3.29. The Labute approximate surface area is 113 Å². The molecule has 1 aromatic rings. The topological polar surface area (TPSA) is 21.3 Å². The van der Waals surface area contributed by atoms with Gasteiger partial charge >= 0.3 is 0 Å². The minimum absolute atomic E-state index is 0.0956. The van der Waals surface area contributed by atoms with E-state index in [2.05, 4.69) is 19.2 Å². The quantitative estimate of drug-likeness (QED) is 0.904. The van der Waals surface area contributed by atoms with Gasteiger partial charge in [0.05, 0.1) is 12.2 Å². The van der Waals surface area contributed by atoms with Crippen molar-refractivity contribution in [3.8, 4) is 0 Å². The van der Waals surface area contributed by atoms with Crippen LogP contribution in [0, 0.1) is 17.6 Å². The Balaban J connectivity index is 2.12. The van der Waals surface area contributed by atoms with Crippen molar-refractivity contribution in [2.24, 2.45) is 5.92 Å². The maximum Gasteiger partial charge on any atom is 0.131 e. The number of benzene rings is 1. The fraction of sp³-hybridized carbons (Fsp3) is 0.600. The smallest absolute Gasteiger partial charge is 0.131 e. The lowest BCUT2D eigenvalue weighted by Crippen LogP contribution is -2.44. The third-order valence-corrected chi connectivity index (χ3v) is 3.90. The molecule has 0 aromatic heterocycles. The number of rotatable bonds is 4. The van der Waals surface area contributed by atoms with Crippen LogP contribution < -0.4 is 5.32 Å². The first-order valence-electron chi connectivity index (χ1n) is 6.96. The highest BCUT2D eigenvalue weighted by Crippen LogP contribution is 2.28. The lowest BCUT2D eigenvalue weighted by atomic mass is 9.94. The molecule has 4 heteroatoms. The second-order valence-electron chi connectivity index (χ2n) is 5.06. The third-order valence-electron chi connectivity index (χ3n) is 3.90. The van der Waals surface area contributed by atoms with E-state index in [1.807, 2.05) is 0 Å². The minimum Gasteiger partial charge on any atom is -0.367 e. The highest BCUT2D eigenvalue weighted by Gasteiger charge is 2.29. The Morgan fingerprint density at radius 2 is 2.00 bits per heavy atom. The normalized spacial score (nSPS) is 23.8. The Hall–Kier alpha value is -1.00. The van der Waals surface area contributed by atoms with Crippen LogP contribution >= 0.6 is 0 Å². The Morgan fingerprint density at radius 1 is 1.26 bits per heavy atom. The van der Waals surface area contributed by atoms with Gasteiger partial charge in [-0.15, -0.1) is 0 Å². The average molecular weight is 269 g/mol. The molecule has 0 radical (unpaired) electrons. The highest BCUT2D eigenvalue weighted by atomic mass is 19.1. The summed E-state index contributed by atoms with van der Waals surface area (Å²) in [6, 6.07) is 3.67. The van der Waals surface area contributed by atoms with Gasteiger partial charge in [0.25, 0.3) is 0 Å². The molecule has 1 aromatic carbocycles. The van der Waals surface area contributed by atoms with Crippen molar-refractivity contribution in [1.82, 2.24) is 5.32 Å². The van der Waals surface area contributed by atoms with E-state index in [0.29, 0.717) is 18.0 Å². The molecular weight excluding hydrogens is 248 g/mol. The zero-order valence-corrected chi connectivity index (χ0v) is 11.5. The second-order valence-corrected chi connectivity index (χ2v) is 5.06. The average Bonchev–Trinajstić information content (AvgIpc) is 2.40. The van der Waals surface area contributed by atoms with E-state index in [-0.39, 0.29) is 12.2 Å². The number of morpholine rings is 1. The van der Waals surface area contributed by atoms with Gasteiger partial charge < -0.3 is 10.1 Å². The number of nitrogens with one attached hydrogen (secondary N) is 1. The van der Waals surface area contributed by atoms with Crippen LogP contribution in [0.25, 0.3) is 0 Å². The summed E-state index contributed by atoms with van der Waals surface area (Å²) < 4.78 is 32.7. The molecule has 19 heavy (non-hydrogen) atoms. The summed E-state index contributed by atoms with van der Waals surface area (Å²) in [4.78, 5) is 0. The molecule has 1 fully saturated rings. The van der Waals surface area contributed by atoms with Crippen molar-refractivity contribution >= 4 is 0 Å². The summed E-state index contributed by atoms with van der Waals surface area (Å²) in [6.07, 6.45) is 1.85. The van der Waals surface area contributed by atoms with E-state index in [9.17, 15) is 8.78 Å². The summed E-state index contributed by atoms with van der Waals surface area (Å²) in [5.74, 6) is -0.614. The van der Waals surface area contributed by atoms with Crippen LogP contribution in [-0.4, -0.2) is 19.2 Å². The first-order valence-corrected chi connectivity index (χ1v) is 6.96. The molecule has 2 nitrogen and oxygen atoms in total. The van der Waals surface area contributed by atoms with Gasteiger partial charge in [-0.1, -0.05) is 32.8 Å². The first kappa shape index (κ1) is 14.4. The van der Waals surface area contributed by atoms with Gasteiger partial charge in [0.15, 0.2) is 0 Å². The van der Waals surface area contributed by atoms with Crippen molar-refractivity contribution in [1.29, 1.82) is 0 Å². The number of ether oxygens (including phenoxy) is 1. The van der Waals surface area contributed by atoms with Gasteiger partial charge in [-0.2, -0.15) is 0 Å². The molecule has 0 bridgehead atoms. The first-order chi connectivity index (χ1) is 9.15. The highest BCUT2D eigenvalue weighted by molar-refractivity contribution is 5.22. The van der Waals surface area contributed by atoms with E-state index in [0.717, 1.165) is 25.5 Å². The van der Waals surface area contributed by atoms with Gasteiger partial charge in [0, 0.05) is 24.7 Å². The van der Waals surface area contributed by atoms with Crippen LogP contribution in [0.15, 0.2) is 18.2 Å². The van der Waals surface area contributed by atoms with E-state index in [1.54, 1.807) is 0 Å².